The molecule has 0 aromatic heterocycles. The molecule has 1 rings (SSSR count). The molecule has 1 saturated heterocycles. The van der Waals surface area contributed by atoms with E-state index in [1.54, 1.807) is 7.05 Å². The van der Waals surface area contributed by atoms with E-state index in [4.69, 9.17) is 4.84 Å². The Kier molecular flexibility index (Phi) is 4.79. The Balaban J connectivity index is 2.32. The second-order valence-electron chi connectivity index (χ2n) is 3.78. The molecule has 5 heteroatoms. The summed E-state index contributed by atoms with van der Waals surface area (Å²) < 4.78 is 2.20. The number of nitrogens with zero attached hydrogens (tertiary/aromatic N) is 2. The van der Waals surface area contributed by atoms with Gasteiger partial charge in [-0.2, -0.15) is 0 Å². The fourth-order valence-corrected chi connectivity index (χ4v) is 2.22. The molecule has 2 unspecified atom stereocenters. The van der Waals surface area contributed by atoms with E-state index in [-0.39, 0.29) is 5.91 Å². The lowest BCUT2D eigenvalue weighted by Crippen LogP contribution is -2.33. The van der Waals surface area contributed by atoms with Gasteiger partial charge in [-0.1, -0.05) is 9.39 Å². The van der Waals surface area contributed by atoms with Crippen LogP contribution in [0.5, 0.6) is 0 Å². The lowest BCUT2D eigenvalue weighted by molar-refractivity contribution is -0.169. The molecule has 1 aliphatic heterocycles. The molecule has 1 heterocycles. The van der Waals surface area contributed by atoms with Crippen LogP contribution in [0.15, 0.2) is 0 Å². The Bertz CT molecular complexity index is 201. The molecule has 0 aliphatic carbocycles. The minimum Gasteiger partial charge on any atom is -0.287 e. The highest BCUT2D eigenvalue weighted by Crippen LogP contribution is 2.22. The van der Waals surface area contributed by atoms with Gasteiger partial charge >= 0.3 is 0 Å². The predicted molar refractivity (Wildman–Crippen MR) is 58.4 cm³/mol. The molecule has 1 amide bonds. The molecule has 4 nitrogen and oxygen atoms in total. The fourth-order valence-electron chi connectivity index (χ4n) is 1.74. The standard InChI is InChI=1S/C9H19N2O2P/c1-10(13-2)9(12)6-8-4-3-5-11(14)7-8/h8H,3-7,14H2,1-2H3. The maximum Gasteiger partial charge on any atom is 0.246 e. The number of rotatable bonds is 3. The average molecular weight is 218 g/mol. The van der Waals surface area contributed by atoms with Crippen LogP contribution in [0.4, 0.5) is 0 Å². The normalized spacial score (nSPS) is 23.5. The maximum atomic E-state index is 11.5. The van der Waals surface area contributed by atoms with Crippen molar-refractivity contribution in [3.63, 3.8) is 0 Å². The van der Waals surface area contributed by atoms with Crippen LogP contribution in [-0.4, -0.2) is 42.9 Å². The van der Waals surface area contributed by atoms with Gasteiger partial charge in [-0.25, -0.2) is 5.06 Å². The van der Waals surface area contributed by atoms with E-state index in [0.29, 0.717) is 12.3 Å². The van der Waals surface area contributed by atoms with Crippen molar-refractivity contribution in [2.45, 2.75) is 19.3 Å². The zero-order valence-electron chi connectivity index (χ0n) is 8.90. The third kappa shape index (κ3) is 3.52. The molecule has 1 fully saturated rings. The van der Waals surface area contributed by atoms with Crippen molar-refractivity contribution in [1.29, 1.82) is 0 Å². The van der Waals surface area contributed by atoms with Gasteiger partial charge in [-0.3, -0.25) is 14.3 Å². The van der Waals surface area contributed by atoms with Gasteiger partial charge in [-0.05, 0) is 18.8 Å². The first kappa shape index (κ1) is 11.9. The molecule has 14 heavy (non-hydrogen) atoms. The van der Waals surface area contributed by atoms with Crippen LogP contribution < -0.4 is 0 Å². The predicted octanol–water partition coefficient (Wildman–Crippen LogP) is 0.898. The SMILES string of the molecule is CON(C)C(=O)CC1CCCN(P)C1. The first-order valence-electron chi connectivity index (χ1n) is 4.93. The molecule has 0 aromatic rings. The molecule has 2 atom stereocenters. The molecule has 0 aromatic carbocycles. The Morgan fingerprint density at radius 1 is 1.71 bits per heavy atom. The molecule has 1 aliphatic rings. The zero-order valence-corrected chi connectivity index (χ0v) is 10.1. The summed E-state index contributed by atoms with van der Waals surface area (Å²) in [5, 5.41) is 1.31. The van der Waals surface area contributed by atoms with Crippen LogP contribution in [0, 0.1) is 5.92 Å². The molecule has 82 valence electrons. The smallest absolute Gasteiger partial charge is 0.246 e. The average Bonchev–Trinajstić information content (AvgIpc) is 2.16. The molecule has 0 radical (unpaired) electrons. The number of piperidine rings is 1. The highest BCUT2D eigenvalue weighted by atomic mass is 31.0. The summed E-state index contributed by atoms with van der Waals surface area (Å²) in [5.41, 5.74) is 0. The molecule has 0 spiro atoms. The summed E-state index contributed by atoms with van der Waals surface area (Å²) in [6.07, 6.45) is 2.92. The van der Waals surface area contributed by atoms with E-state index >= 15 is 0 Å². The van der Waals surface area contributed by atoms with Crippen molar-refractivity contribution < 1.29 is 9.63 Å². The van der Waals surface area contributed by atoms with Gasteiger partial charge < -0.3 is 0 Å². The Morgan fingerprint density at radius 2 is 2.43 bits per heavy atom. The maximum absolute atomic E-state index is 11.5. The summed E-state index contributed by atoms with van der Waals surface area (Å²) in [6, 6.07) is 0. The van der Waals surface area contributed by atoms with E-state index in [1.807, 2.05) is 0 Å². The van der Waals surface area contributed by atoms with Gasteiger partial charge in [0.1, 0.15) is 0 Å². The van der Waals surface area contributed by atoms with Crippen molar-refractivity contribution in [2.24, 2.45) is 5.92 Å². The minimum atomic E-state index is 0.0674. The lowest BCUT2D eigenvalue weighted by atomic mass is 9.96. The van der Waals surface area contributed by atoms with Crippen LogP contribution >= 0.6 is 9.39 Å². The molecule has 0 bridgehead atoms. The van der Waals surface area contributed by atoms with Gasteiger partial charge in [0.05, 0.1) is 7.11 Å². The Labute approximate surface area is 87.8 Å². The fraction of sp³-hybridized carbons (Fsp3) is 0.889. The number of hydrogen-bond donors (Lipinski definition) is 0. The number of carbonyl (C=O) groups is 1. The number of hydrogen-bond acceptors (Lipinski definition) is 3. The number of amides is 1. The van der Waals surface area contributed by atoms with Crippen molar-refractivity contribution in [3.05, 3.63) is 0 Å². The zero-order chi connectivity index (χ0) is 10.6. The van der Waals surface area contributed by atoms with Gasteiger partial charge in [0, 0.05) is 26.6 Å². The molecule has 0 N–H and O–H groups in total. The van der Waals surface area contributed by atoms with Crippen molar-refractivity contribution in [2.75, 3.05) is 27.2 Å². The van der Waals surface area contributed by atoms with E-state index in [1.165, 1.54) is 18.6 Å². The highest BCUT2D eigenvalue weighted by molar-refractivity contribution is 7.13. The van der Waals surface area contributed by atoms with E-state index in [2.05, 4.69) is 14.1 Å². The number of hydroxylamine groups is 2. The third-order valence-electron chi connectivity index (χ3n) is 2.64. The van der Waals surface area contributed by atoms with Gasteiger partial charge in [-0.15, -0.1) is 0 Å². The van der Waals surface area contributed by atoms with Crippen LogP contribution in [0.1, 0.15) is 19.3 Å². The van der Waals surface area contributed by atoms with Crippen LogP contribution in [0.25, 0.3) is 0 Å². The largest absolute Gasteiger partial charge is 0.287 e. The second kappa shape index (κ2) is 5.64. The summed E-state index contributed by atoms with van der Waals surface area (Å²) in [5.74, 6) is 0.546. The van der Waals surface area contributed by atoms with Crippen LogP contribution in [0.3, 0.4) is 0 Å². The lowest BCUT2D eigenvalue weighted by Gasteiger charge is -2.29. The Hall–Kier alpha value is -0.180. The summed E-state index contributed by atoms with van der Waals surface area (Å²) in [4.78, 5) is 16.4. The first-order valence-corrected chi connectivity index (χ1v) is 5.45. The molecular formula is C9H19N2O2P. The van der Waals surface area contributed by atoms with Crippen molar-refractivity contribution in [3.8, 4) is 0 Å². The molecular weight excluding hydrogens is 199 g/mol. The molecule has 0 saturated carbocycles. The highest BCUT2D eigenvalue weighted by Gasteiger charge is 2.21. The van der Waals surface area contributed by atoms with Gasteiger partial charge in [0.2, 0.25) is 5.91 Å². The van der Waals surface area contributed by atoms with Gasteiger partial charge in [0.25, 0.3) is 0 Å². The van der Waals surface area contributed by atoms with E-state index < -0.39 is 0 Å². The van der Waals surface area contributed by atoms with Crippen LogP contribution in [-0.2, 0) is 9.63 Å². The number of carbonyl (C=O) groups excluding carboxylic acids is 1. The van der Waals surface area contributed by atoms with Crippen LogP contribution in [0.2, 0.25) is 0 Å². The summed E-state index contributed by atoms with van der Waals surface area (Å²) in [6.45, 7) is 2.11. The third-order valence-corrected chi connectivity index (χ3v) is 3.11. The van der Waals surface area contributed by atoms with E-state index in [0.717, 1.165) is 19.5 Å². The van der Waals surface area contributed by atoms with Crippen molar-refractivity contribution >= 4 is 15.3 Å². The van der Waals surface area contributed by atoms with Crippen molar-refractivity contribution in [1.82, 2.24) is 9.73 Å². The Morgan fingerprint density at radius 3 is 3.00 bits per heavy atom. The monoisotopic (exact) mass is 218 g/mol. The van der Waals surface area contributed by atoms with Gasteiger partial charge in [0.15, 0.2) is 0 Å². The first-order chi connectivity index (χ1) is 6.63. The van der Waals surface area contributed by atoms with E-state index in [9.17, 15) is 4.79 Å². The topological polar surface area (TPSA) is 32.8 Å². The summed E-state index contributed by atoms with van der Waals surface area (Å²) >= 11 is 0. The quantitative estimate of drug-likeness (QED) is 0.521. The second-order valence-corrected chi connectivity index (χ2v) is 4.51. The summed E-state index contributed by atoms with van der Waals surface area (Å²) in [7, 11) is 5.88. The minimum absolute atomic E-state index is 0.0674.